The predicted molar refractivity (Wildman–Crippen MR) is 125 cm³/mol. The van der Waals surface area contributed by atoms with Crippen molar-refractivity contribution in [3.63, 3.8) is 0 Å². The summed E-state index contributed by atoms with van der Waals surface area (Å²) in [6.45, 7) is 2.39. The highest BCUT2D eigenvalue weighted by atomic mass is 35.5. The Kier molecular flexibility index (Phi) is 6.53. The Bertz CT molecular complexity index is 1150. The maximum absolute atomic E-state index is 12.7. The molecule has 2 amide bonds. The third-order valence-electron chi connectivity index (χ3n) is 4.93. The van der Waals surface area contributed by atoms with E-state index in [0.717, 1.165) is 5.75 Å². The fraction of sp³-hybridized carbons (Fsp3) is 0.167. The van der Waals surface area contributed by atoms with E-state index in [0.29, 0.717) is 45.9 Å². The van der Waals surface area contributed by atoms with E-state index in [-0.39, 0.29) is 11.8 Å². The zero-order chi connectivity index (χ0) is 22.7. The lowest BCUT2D eigenvalue weighted by molar-refractivity contribution is -0.125. The maximum Gasteiger partial charge on any atom is 0.267 e. The number of benzene rings is 3. The van der Waals surface area contributed by atoms with Crippen molar-refractivity contribution < 1.29 is 19.1 Å². The molecule has 4 rings (SSSR count). The van der Waals surface area contributed by atoms with Crippen molar-refractivity contribution in [2.24, 2.45) is 0 Å². The van der Waals surface area contributed by atoms with Crippen LogP contribution in [0.15, 0.2) is 66.7 Å². The van der Waals surface area contributed by atoms with Gasteiger partial charge in [0.15, 0.2) is 6.10 Å². The number of anilines is 2. The van der Waals surface area contributed by atoms with Crippen molar-refractivity contribution in [1.82, 2.24) is 0 Å². The molecule has 0 aromatic heterocycles. The average molecular weight is 471 g/mol. The Balaban J connectivity index is 1.48. The Hall–Kier alpha value is -3.22. The summed E-state index contributed by atoms with van der Waals surface area (Å²) in [6.07, 6.45) is -0.653. The molecular formula is C24H20Cl2N2O4. The van der Waals surface area contributed by atoms with Gasteiger partial charge in [-0.25, -0.2) is 0 Å². The molecule has 32 heavy (non-hydrogen) atoms. The fourth-order valence-electron chi connectivity index (χ4n) is 3.33. The monoisotopic (exact) mass is 470 g/mol. The number of carbonyl (C=O) groups excluding carboxylic acids is 2. The first-order valence-electron chi connectivity index (χ1n) is 9.99. The van der Waals surface area contributed by atoms with Crippen LogP contribution < -0.4 is 19.7 Å². The van der Waals surface area contributed by atoms with E-state index >= 15 is 0 Å². The zero-order valence-corrected chi connectivity index (χ0v) is 18.7. The maximum atomic E-state index is 12.7. The molecule has 0 saturated heterocycles. The highest BCUT2D eigenvalue weighted by molar-refractivity contribution is 6.42. The van der Waals surface area contributed by atoms with Gasteiger partial charge in [-0.3, -0.25) is 9.59 Å². The van der Waals surface area contributed by atoms with Gasteiger partial charge in [-0.05, 0) is 49.4 Å². The molecule has 0 aliphatic carbocycles. The molecule has 0 bridgehead atoms. The summed E-state index contributed by atoms with van der Waals surface area (Å²) in [5, 5.41) is 3.49. The van der Waals surface area contributed by atoms with Crippen LogP contribution >= 0.6 is 23.2 Å². The van der Waals surface area contributed by atoms with Crippen molar-refractivity contribution in [2.45, 2.75) is 13.0 Å². The van der Waals surface area contributed by atoms with Crippen LogP contribution in [0.1, 0.15) is 17.3 Å². The summed E-state index contributed by atoms with van der Waals surface area (Å²) in [7, 11) is 0. The lowest BCUT2D eigenvalue weighted by Gasteiger charge is -2.33. The molecule has 6 nitrogen and oxygen atoms in total. The standard InChI is InChI=1S/C24H20Cl2N2O4/c1-15-24(30)28(11-12-31-18-5-3-2-4-6-18)21-10-8-17(14-22(21)32-15)27-23(29)16-7-9-19(25)20(26)13-16/h2-10,13-15H,11-12H2,1H3,(H,27,29). The van der Waals surface area contributed by atoms with Gasteiger partial charge in [0, 0.05) is 17.3 Å². The fourth-order valence-corrected chi connectivity index (χ4v) is 3.63. The second-order valence-corrected chi connectivity index (χ2v) is 7.99. The summed E-state index contributed by atoms with van der Waals surface area (Å²) in [4.78, 5) is 26.9. The van der Waals surface area contributed by atoms with Crippen molar-refractivity contribution >= 4 is 46.4 Å². The molecule has 1 atom stereocenters. The molecule has 1 heterocycles. The molecule has 1 unspecified atom stereocenters. The topological polar surface area (TPSA) is 67.9 Å². The first-order chi connectivity index (χ1) is 15.4. The summed E-state index contributed by atoms with van der Waals surface area (Å²) in [6, 6.07) is 19.2. The number of nitrogens with zero attached hydrogens (tertiary/aromatic N) is 1. The van der Waals surface area contributed by atoms with E-state index < -0.39 is 6.10 Å². The van der Waals surface area contributed by atoms with Gasteiger partial charge < -0.3 is 19.7 Å². The van der Waals surface area contributed by atoms with Gasteiger partial charge in [0.2, 0.25) is 0 Å². The zero-order valence-electron chi connectivity index (χ0n) is 17.2. The van der Waals surface area contributed by atoms with Gasteiger partial charge in [0.25, 0.3) is 11.8 Å². The van der Waals surface area contributed by atoms with E-state index in [2.05, 4.69) is 5.32 Å². The van der Waals surface area contributed by atoms with Crippen LogP contribution in [0.25, 0.3) is 0 Å². The van der Waals surface area contributed by atoms with Crippen molar-refractivity contribution in [3.05, 3.63) is 82.3 Å². The van der Waals surface area contributed by atoms with Gasteiger partial charge in [0.05, 0.1) is 22.3 Å². The van der Waals surface area contributed by atoms with E-state index in [1.165, 1.54) is 6.07 Å². The quantitative estimate of drug-likeness (QED) is 0.520. The molecule has 0 radical (unpaired) electrons. The smallest absolute Gasteiger partial charge is 0.267 e. The van der Waals surface area contributed by atoms with Crippen molar-refractivity contribution in [1.29, 1.82) is 0 Å². The minimum Gasteiger partial charge on any atom is -0.492 e. The molecule has 0 saturated carbocycles. The van der Waals surface area contributed by atoms with Crippen LogP contribution in [0.5, 0.6) is 11.5 Å². The molecule has 1 N–H and O–H groups in total. The molecule has 0 spiro atoms. The van der Waals surface area contributed by atoms with Crippen LogP contribution in [0, 0.1) is 0 Å². The number of ether oxygens (including phenoxy) is 2. The highest BCUT2D eigenvalue weighted by Gasteiger charge is 2.31. The Morgan fingerprint density at radius 3 is 2.59 bits per heavy atom. The SMILES string of the molecule is CC1Oc2cc(NC(=O)c3ccc(Cl)c(Cl)c3)ccc2N(CCOc2ccccc2)C1=O. The van der Waals surface area contributed by atoms with Crippen LogP contribution in [-0.2, 0) is 4.79 Å². The lowest BCUT2D eigenvalue weighted by atomic mass is 10.1. The number of amides is 2. The molecule has 3 aromatic rings. The average Bonchev–Trinajstić information content (AvgIpc) is 2.79. The molecule has 1 aliphatic heterocycles. The summed E-state index contributed by atoms with van der Waals surface area (Å²) in [5.41, 5.74) is 1.53. The normalized spacial score (nSPS) is 15.0. The number of carbonyl (C=O) groups is 2. The minimum absolute atomic E-state index is 0.151. The number of halogens is 2. The molecular weight excluding hydrogens is 451 g/mol. The van der Waals surface area contributed by atoms with Crippen LogP contribution in [-0.4, -0.2) is 31.1 Å². The van der Waals surface area contributed by atoms with Crippen LogP contribution in [0.4, 0.5) is 11.4 Å². The molecule has 0 fully saturated rings. The molecule has 164 valence electrons. The first-order valence-corrected chi connectivity index (χ1v) is 10.7. The number of fused-ring (bicyclic) bond motifs is 1. The van der Waals surface area contributed by atoms with Crippen molar-refractivity contribution in [3.8, 4) is 11.5 Å². The van der Waals surface area contributed by atoms with Gasteiger partial charge >= 0.3 is 0 Å². The number of nitrogens with one attached hydrogen (secondary N) is 1. The van der Waals surface area contributed by atoms with Gasteiger partial charge in [-0.1, -0.05) is 41.4 Å². The number of rotatable bonds is 6. The Morgan fingerprint density at radius 1 is 1.06 bits per heavy atom. The summed E-state index contributed by atoms with van der Waals surface area (Å²) >= 11 is 11.9. The second kappa shape index (κ2) is 9.51. The minimum atomic E-state index is -0.653. The lowest BCUT2D eigenvalue weighted by Crippen LogP contribution is -2.46. The van der Waals surface area contributed by atoms with E-state index in [1.54, 1.807) is 42.2 Å². The van der Waals surface area contributed by atoms with Gasteiger partial charge in [0.1, 0.15) is 18.1 Å². The highest BCUT2D eigenvalue weighted by Crippen LogP contribution is 2.36. The van der Waals surface area contributed by atoms with Crippen molar-refractivity contribution in [2.75, 3.05) is 23.4 Å². The number of hydrogen-bond donors (Lipinski definition) is 1. The first kappa shape index (κ1) is 22.0. The Morgan fingerprint density at radius 2 is 1.84 bits per heavy atom. The van der Waals surface area contributed by atoms with Gasteiger partial charge in [-0.15, -0.1) is 0 Å². The van der Waals surface area contributed by atoms with E-state index in [9.17, 15) is 9.59 Å². The predicted octanol–water partition coefficient (Wildman–Crippen LogP) is 5.44. The summed E-state index contributed by atoms with van der Waals surface area (Å²) < 4.78 is 11.5. The number of para-hydroxylation sites is 1. The molecule has 1 aliphatic rings. The van der Waals surface area contributed by atoms with Crippen LogP contribution in [0.3, 0.4) is 0 Å². The third-order valence-corrected chi connectivity index (χ3v) is 5.67. The van der Waals surface area contributed by atoms with E-state index in [4.69, 9.17) is 32.7 Å². The molecule has 3 aromatic carbocycles. The molecule has 8 heteroatoms. The van der Waals surface area contributed by atoms with E-state index in [1.807, 2.05) is 30.3 Å². The largest absolute Gasteiger partial charge is 0.492 e. The Labute approximate surface area is 195 Å². The second-order valence-electron chi connectivity index (χ2n) is 7.18. The van der Waals surface area contributed by atoms with Crippen LogP contribution in [0.2, 0.25) is 10.0 Å². The van der Waals surface area contributed by atoms with Gasteiger partial charge in [-0.2, -0.15) is 0 Å². The number of hydrogen-bond acceptors (Lipinski definition) is 4. The third kappa shape index (κ3) is 4.82. The summed E-state index contributed by atoms with van der Waals surface area (Å²) in [5.74, 6) is 0.754.